The monoisotopic (exact) mass is 550 g/mol. The van der Waals surface area contributed by atoms with Crippen LogP contribution in [-0.4, -0.2) is 104 Å². The molecule has 3 heterocycles. The van der Waals surface area contributed by atoms with Crippen LogP contribution in [-0.2, 0) is 25.5 Å². The lowest BCUT2D eigenvalue weighted by Gasteiger charge is -2.39. The number of carboxylic acid groups (broad SMARTS) is 3. The van der Waals surface area contributed by atoms with Gasteiger partial charge in [-0.05, 0) is 29.9 Å². The van der Waals surface area contributed by atoms with Gasteiger partial charge in [-0.25, -0.2) is 9.59 Å². The first-order chi connectivity index (χ1) is 18.4. The Bertz CT molecular complexity index is 1240. The lowest BCUT2D eigenvalue weighted by molar-refractivity contribution is -0.840. The predicted octanol–water partition coefficient (Wildman–Crippen LogP) is -4.77. The van der Waals surface area contributed by atoms with Crippen LogP contribution in [0.3, 0.4) is 0 Å². The second-order valence-electron chi connectivity index (χ2n) is 9.15. The van der Waals surface area contributed by atoms with E-state index < -0.39 is 67.0 Å². The summed E-state index contributed by atoms with van der Waals surface area (Å²) in [6.45, 7) is -0.745. The van der Waals surface area contributed by atoms with E-state index in [9.17, 15) is 55.2 Å². The second kappa shape index (κ2) is 11.0. The molecule has 4 rings (SSSR count). The van der Waals surface area contributed by atoms with Crippen molar-refractivity contribution in [1.82, 2.24) is 5.32 Å². The van der Waals surface area contributed by atoms with E-state index in [1.54, 1.807) is 0 Å². The minimum absolute atomic E-state index is 0.0554. The molecule has 3 aliphatic heterocycles. The molecule has 0 bridgehead atoms. The maximum atomic E-state index is 11.9. The van der Waals surface area contributed by atoms with Crippen LogP contribution < -0.4 is 20.1 Å². The van der Waals surface area contributed by atoms with Crippen LogP contribution in [0.2, 0.25) is 0 Å². The van der Waals surface area contributed by atoms with Crippen LogP contribution >= 0.6 is 0 Å². The van der Waals surface area contributed by atoms with Crippen molar-refractivity contribution in [2.24, 2.45) is 0 Å². The number of aromatic hydroxyl groups is 1. The van der Waals surface area contributed by atoms with Gasteiger partial charge in [0.1, 0.15) is 60.1 Å². The number of quaternary nitrogens is 1. The Hall–Kier alpha value is -3.99. The number of rotatable bonds is 8. The number of fused-ring (bicyclic) bond motifs is 1. The van der Waals surface area contributed by atoms with Crippen LogP contribution in [0, 0.1) is 0 Å². The fourth-order valence-corrected chi connectivity index (χ4v) is 4.64. The molecular formula is C24H26N2O13. The summed E-state index contributed by atoms with van der Waals surface area (Å²) in [4.78, 5) is 34.9. The van der Waals surface area contributed by atoms with Gasteiger partial charge in [0.15, 0.2) is 11.5 Å². The average Bonchev–Trinajstić information content (AvgIpc) is 3.24. The smallest absolute Gasteiger partial charge is 0.352 e. The zero-order chi connectivity index (χ0) is 28.6. The number of hydrogen-bond donors (Lipinski definition) is 9. The van der Waals surface area contributed by atoms with E-state index in [1.807, 2.05) is 0 Å². The summed E-state index contributed by atoms with van der Waals surface area (Å²) < 4.78 is 10.8. The Balaban J connectivity index is 1.61. The number of aliphatic carboxylic acids is 3. The Morgan fingerprint density at radius 1 is 1.08 bits per heavy atom. The first kappa shape index (κ1) is 28.0. The molecule has 1 fully saturated rings. The Kier molecular flexibility index (Phi) is 7.91. The molecule has 0 radical (unpaired) electrons. The number of carbonyl (C=O) groups is 3. The van der Waals surface area contributed by atoms with Crippen molar-refractivity contribution in [2.45, 2.75) is 43.2 Å². The summed E-state index contributed by atoms with van der Waals surface area (Å²) in [5.74, 6) is -4.90. The molecule has 1 saturated heterocycles. The highest BCUT2D eigenvalue weighted by molar-refractivity contribution is 5.94. The summed E-state index contributed by atoms with van der Waals surface area (Å²) in [6.07, 6.45) is -4.13. The molecule has 0 aliphatic carbocycles. The lowest BCUT2D eigenvalue weighted by atomic mass is 9.99. The fraction of sp³-hybridized carbons (Fsp3) is 0.375. The molecule has 0 amide bonds. The van der Waals surface area contributed by atoms with E-state index in [-0.39, 0.29) is 35.7 Å². The van der Waals surface area contributed by atoms with Crippen molar-refractivity contribution < 1.29 is 69.6 Å². The van der Waals surface area contributed by atoms with E-state index in [1.165, 1.54) is 30.4 Å². The SMILES string of the molecule is O=C(O)C1=CC(=CC[NH+]2c3cc(O)c(O[C@@H]4O[C@H](CO)[C@@H](O)[C@H](O)[C@H]4O)cc3C[C@@H]2C(=O)[O-])C=C(C(=O)O)N1. The Morgan fingerprint density at radius 3 is 2.28 bits per heavy atom. The molecule has 15 heteroatoms. The number of hydrogen-bond acceptors (Lipinski definition) is 12. The molecule has 0 aromatic heterocycles. The zero-order valence-corrected chi connectivity index (χ0v) is 20.1. The number of aliphatic hydroxyl groups excluding tert-OH is 4. The molecule has 39 heavy (non-hydrogen) atoms. The first-order valence-electron chi connectivity index (χ1n) is 11.7. The van der Waals surface area contributed by atoms with Crippen LogP contribution in [0.25, 0.3) is 0 Å². The van der Waals surface area contributed by atoms with E-state index in [0.29, 0.717) is 16.2 Å². The van der Waals surface area contributed by atoms with Gasteiger partial charge in [0.05, 0.1) is 6.61 Å². The number of phenols is 1. The van der Waals surface area contributed by atoms with Gasteiger partial charge in [-0.2, -0.15) is 0 Å². The molecule has 1 unspecified atom stereocenters. The third-order valence-electron chi connectivity index (χ3n) is 6.66. The van der Waals surface area contributed by atoms with Crippen molar-refractivity contribution >= 4 is 23.6 Å². The summed E-state index contributed by atoms with van der Waals surface area (Å²) in [6, 6.07) is 1.41. The molecule has 1 aromatic rings. The van der Waals surface area contributed by atoms with E-state index in [2.05, 4.69) is 5.32 Å². The van der Waals surface area contributed by atoms with Gasteiger partial charge in [-0.15, -0.1) is 0 Å². The number of carbonyl (C=O) groups excluding carboxylic acids is 1. The third-order valence-corrected chi connectivity index (χ3v) is 6.66. The Morgan fingerprint density at radius 2 is 1.72 bits per heavy atom. The highest BCUT2D eigenvalue weighted by Crippen LogP contribution is 2.36. The quantitative estimate of drug-likeness (QED) is 0.147. The highest BCUT2D eigenvalue weighted by Gasteiger charge is 2.45. The van der Waals surface area contributed by atoms with Crippen molar-refractivity contribution in [3.63, 3.8) is 0 Å². The van der Waals surface area contributed by atoms with Gasteiger partial charge < -0.3 is 60.4 Å². The van der Waals surface area contributed by atoms with Crippen LogP contribution in [0.1, 0.15) is 5.56 Å². The van der Waals surface area contributed by atoms with Crippen molar-refractivity contribution in [3.05, 3.63) is 52.9 Å². The molecule has 0 saturated carbocycles. The zero-order valence-electron chi connectivity index (χ0n) is 20.1. The summed E-state index contributed by atoms with van der Waals surface area (Å²) in [7, 11) is 0. The maximum Gasteiger partial charge on any atom is 0.352 e. The molecule has 9 N–H and O–H groups in total. The van der Waals surface area contributed by atoms with Crippen molar-refractivity contribution in [3.8, 4) is 11.5 Å². The number of benzene rings is 1. The van der Waals surface area contributed by atoms with Crippen LogP contribution in [0.4, 0.5) is 5.69 Å². The predicted molar refractivity (Wildman–Crippen MR) is 123 cm³/mol. The van der Waals surface area contributed by atoms with Gasteiger partial charge in [0.2, 0.25) is 6.29 Å². The summed E-state index contributed by atoms with van der Waals surface area (Å²) in [5, 5.41) is 82.8. The molecule has 15 nitrogen and oxygen atoms in total. The molecule has 0 spiro atoms. The minimum Gasteiger partial charge on any atom is -0.544 e. The third kappa shape index (κ3) is 5.58. The molecule has 7 atom stereocenters. The lowest BCUT2D eigenvalue weighted by Crippen LogP contribution is -3.11. The minimum atomic E-state index is -1.74. The fourth-order valence-electron chi connectivity index (χ4n) is 4.64. The number of allylic oxidation sites excluding steroid dienone is 3. The highest BCUT2D eigenvalue weighted by atomic mass is 16.7. The van der Waals surface area contributed by atoms with E-state index in [4.69, 9.17) is 9.47 Å². The number of phenolic OH excluding ortho intramolecular Hbond substituents is 1. The van der Waals surface area contributed by atoms with E-state index >= 15 is 0 Å². The number of nitrogens with one attached hydrogen (secondary N) is 2. The molecule has 1 aromatic carbocycles. The number of carboxylic acids is 3. The average molecular weight is 550 g/mol. The van der Waals surface area contributed by atoms with Gasteiger partial charge in [0, 0.05) is 18.1 Å². The number of dihydropyridines is 1. The van der Waals surface area contributed by atoms with Gasteiger partial charge in [-0.3, -0.25) is 4.90 Å². The first-order valence-corrected chi connectivity index (χ1v) is 11.7. The van der Waals surface area contributed by atoms with Crippen LogP contribution in [0.5, 0.6) is 11.5 Å². The largest absolute Gasteiger partial charge is 0.544 e. The van der Waals surface area contributed by atoms with Crippen molar-refractivity contribution in [1.29, 1.82) is 0 Å². The van der Waals surface area contributed by atoms with E-state index in [0.717, 1.165) is 0 Å². The van der Waals surface area contributed by atoms with Gasteiger partial charge in [0.25, 0.3) is 0 Å². The normalized spacial score (nSPS) is 29.9. The van der Waals surface area contributed by atoms with Gasteiger partial charge >= 0.3 is 11.9 Å². The number of aliphatic hydroxyl groups is 4. The number of ether oxygens (including phenoxy) is 2. The topological polar surface area (TPSA) is 251 Å². The Labute approximate surface area is 219 Å². The summed E-state index contributed by atoms with van der Waals surface area (Å²) in [5.41, 5.74) is 0.194. The molecule has 3 aliphatic rings. The molecule has 210 valence electrons. The summed E-state index contributed by atoms with van der Waals surface area (Å²) >= 11 is 0. The van der Waals surface area contributed by atoms with Crippen molar-refractivity contribution in [2.75, 3.05) is 13.2 Å². The molecular weight excluding hydrogens is 524 g/mol. The standard InChI is InChI=1S/C24H26N2O13/c27-8-17-18(29)19(30)20(31)24(39-17)38-16-6-10-5-14(23(36)37)26(13(10)7-15(16)28)2-1-9-3-11(21(32)33)25-12(4-9)22(34)35/h1,3-4,6-7,14,17-20,24-25,27-31H,2,5,8H2,(H,32,33)(H,34,35)(H,36,37)/t14-,17-,18-,19+,20-,24-/m1/s1. The van der Waals surface area contributed by atoms with Gasteiger partial charge in [-0.1, -0.05) is 0 Å². The second-order valence-corrected chi connectivity index (χ2v) is 9.15. The van der Waals surface area contributed by atoms with Crippen LogP contribution in [0.15, 0.2) is 47.3 Å². The maximum absolute atomic E-state index is 11.9.